The van der Waals surface area contributed by atoms with Crippen LogP contribution in [-0.2, 0) is 16.0 Å². The Morgan fingerprint density at radius 3 is 2.50 bits per heavy atom. The van der Waals surface area contributed by atoms with Crippen molar-refractivity contribution in [1.29, 1.82) is 0 Å². The molecule has 1 heterocycles. The number of aldehydes is 1. The lowest BCUT2D eigenvalue weighted by Gasteiger charge is -2.21. The molecular weight excluding hydrogens is 366 g/mol. The fourth-order valence-electron chi connectivity index (χ4n) is 2.52. The summed E-state index contributed by atoms with van der Waals surface area (Å²) in [5, 5.41) is 47.5. The van der Waals surface area contributed by atoms with Gasteiger partial charge in [-0.25, -0.2) is 4.79 Å². The summed E-state index contributed by atoms with van der Waals surface area (Å²) in [5.74, 6) is -1.18. The molecule has 9 heteroatoms. The lowest BCUT2D eigenvalue weighted by atomic mass is 9.96. The zero-order valence-electron chi connectivity index (χ0n) is 14.2. The summed E-state index contributed by atoms with van der Waals surface area (Å²) in [7, 11) is 0. The van der Waals surface area contributed by atoms with Gasteiger partial charge in [-0.05, 0) is 42.1 Å². The van der Waals surface area contributed by atoms with Crippen molar-refractivity contribution < 1.29 is 35.1 Å². The van der Waals surface area contributed by atoms with Gasteiger partial charge in [0.1, 0.15) is 18.3 Å². The summed E-state index contributed by atoms with van der Waals surface area (Å²) in [6.45, 7) is 4.39. The van der Waals surface area contributed by atoms with Crippen LogP contribution in [0.3, 0.4) is 0 Å². The van der Waals surface area contributed by atoms with E-state index in [1.165, 1.54) is 11.1 Å². The zero-order chi connectivity index (χ0) is 19.9. The van der Waals surface area contributed by atoms with E-state index in [1.807, 2.05) is 6.07 Å². The highest BCUT2D eigenvalue weighted by atomic mass is 35.5. The Hall–Kier alpha value is -1.55. The van der Waals surface area contributed by atoms with E-state index in [4.69, 9.17) is 37.1 Å². The third-order valence-corrected chi connectivity index (χ3v) is 4.31. The topological polar surface area (TPSA) is 147 Å². The molecule has 0 spiro atoms. The summed E-state index contributed by atoms with van der Waals surface area (Å²) in [5.41, 5.74) is 2.86. The molecule has 0 fully saturated rings. The van der Waals surface area contributed by atoms with Crippen LogP contribution in [0, 0.1) is 0 Å². The number of carboxylic acids is 1. The average molecular weight is 390 g/mol. The molecule has 0 saturated carbocycles. The van der Waals surface area contributed by atoms with Crippen LogP contribution in [-0.4, -0.2) is 75.3 Å². The third-order valence-electron chi connectivity index (χ3n) is 4.08. The van der Waals surface area contributed by atoms with Gasteiger partial charge in [-0.1, -0.05) is 24.6 Å². The van der Waals surface area contributed by atoms with Crippen molar-refractivity contribution in [3.05, 3.63) is 34.3 Å². The van der Waals surface area contributed by atoms with Crippen molar-refractivity contribution in [2.45, 2.75) is 43.7 Å². The minimum atomic E-state index is -2.25. The van der Waals surface area contributed by atoms with Gasteiger partial charge in [-0.2, -0.15) is 0 Å². The highest BCUT2D eigenvalue weighted by molar-refractivity contribution is 6.30. The number of aliphatic carboxylic acids is 1. The van der Waals surface area contributed by atoms with E-state index >= 15 is 0 Å². The van der Waals surface area contributed by atoms with E-state index in [1.54, 1.807) is 0 Å². The number of rotatable bonds is 5. The van der Waals surface area contributed by atoms with Crippen molar-refractivity contribution >= 4 is 23.9 Å². The lowest BCUT2D eigenvalue weighted by Crippen LogP contribution is -2.48. The molecule has 0 saturated heterocycles. The van der Waals surface area contributed by atoms with Gasteiger partial charge >= 0.3 is 5.97 Å². The maximum atomic E-state index is 10.1. The molecule has 26 heavy (non-hydrogen) atoms. The molecule has 0 amide bonds. The van der Waals surface area contributed by atoms with Gasteiger partial charge in [-0.15, -0.1) is 0 Å². The highest BCUT2D eigenvalue weighted by Crippen LogP contribution is 2.25. The summed E-state index contributed by atoms with van der Waals surface area (Å²) in [6, 6.07) is 6.24. The standard InChI is InChI=1S/C11H14ClN.C6H10O7/c1-8-7-13-5-4-9-2-3-10(12)6-11(8)9;7-1-2(8)3(9)4(10)5(11)6(12)13/h2-3,6,8,13H,4-5,7H2,1H3;1-5,8-11H,(H,12,13)/t;2-,3+,4-,5-/m.0/s1. The smallest absolute Gasteiger partial charge is 0.335 e. The van der Waals surface area contributed by atoms with Crippen LogP contribution in [0.4, 0.5) is 0 Å². The van der Waals surface area contributed by atoms with Gasteiger partial charge in [0.05, 0.1) is 0 Å². The number of aliphatic hydroxyl groups excluding tert-OH is 4. The number of aliphatic hydroxyl groups is 4. The van der Waals surface area contributed by atoms with Gasteiger partial charge in [0.2, 0.25) is 0 Å². The Morgan fingerprint density at radius 2 is 1.92 bits per heavy atom. The van der Waals surface area contributed by atoms with Crippen LogP contribution in [0.25, 0.3) is 0 Å². The first-order valence-corrected chi connectivity index (χ1v) is 8.46. The molecular formula is C17H24ClNO7. The molecule has 0 aromatic heterocycles. The summed E-state index contributed by atoms with van der Waals surface area (Å²) >= 11 is 5.97. The predicted octanol–water partition coefficient (Wildman–Crippen LogP) is -0.697. The van der Waals surface area contributed by atoms with Crippen molar-refractivity contribution in [3.8, 4) is 0 Å². The van der Waals surface area contributed by atoms with E-state index in [0.29, 0.717) is 5.92 Å². The molecule has 0 bridgehead atoms. The highest BCUT2D eigenvalue weighted by Gasteiger charge is 2.34. The monoisotopic (exact) mass is 389 g/mol. The molecule has 8 nitrogen and oxygen atoms in total. The fraction of sp³-hybridized carbons (Fsp3) is 0.529. The van der Waals surface area contributed by atoms with Crippen LogP contribution in [0.1, 0.15) is 24.0 Å². The molecule has 1 aliphatic heterocycles. The zero-order valence-corrected chi connectivity index (χ0v) is 15.0. The molecule has 1 aromatic carbocycles. The number of carbonyl (C=O) groups excluding carboxylic acids is 1. The van der Waals surface area contributed by atoms with Crippen molar-refractivity contribution in [2.24, 2.45) is 0 Å². The lowest BCUT2D eigenvalue weighted by molar-refractivity contribution is -0.163. The average Bonchev–Trinajstić information content (AvgIpc) is 2.81. The van der Waals surface area contributed by atoms with Gasteiger partial charge in [-0.3, -0.25) is 0 Å². The Labute approximate surface area is 156 Å². The van der Waals surface area contributed by atoms with Gasteiger partial charge in [0.25, 0.3) is 0 Å². The predicted molar refractivity (Wildman–Crippen MR) is 94.2 cm³/mol. The van der Waals surface area contributed by atoms with Crippen LogP contribution < -0.4 is 5.32 Å². The number of hydrogen-bond acceptors (Lipinski definition) is 7. The minimum Gasteiger partial charge on any atom is -0.479 e. The summed E-state index contributed by atoms with van der Waals surface area (Å²) in [4.78, 5) is 20.0. The van der Waals surface area contributed by atoms with E-state index in [0.717, 1.165) is 24.5 Å². The van der Waals surface area contributed by atoms with Crippen LogP contribution in [0.5, 0.6) is 0 Å². The summed E-state index contributed by atoms with van der Waals surface area (Å²) in [6.07, 6.45) is -7.27. The quantitative estimate of drug-likeness (QED) is 0.362. The number of nitrogens with one attached hydrogen (secondary N) is 1. The number of halogens is 1. The first-order valence-electron chi connectivity index (χ1n) is 8.08. The normalized spacial score (nSPS) is 21.1. The van der Waals surface area contributed by atoms with E-state index in [-0.39, 0.29) is 6.29 Å². The number of fused-ring (bicyclic) bond motifs is 1. The molecule has 1 unspecified atom stereocenters. The molecule has 0 aliphatic carbocycles. The Kier molecular flexibility index (Phi) is 9.14. The number of hydrogen-bond donors (Lipinski definition) is 6. The third kappa shape index (κ3) is 6.31. The second kappa shape index (κ2) is 10.6. The number of carbonyl (C=O) groups is 2. The second-order valence-electron chi connectivity index (χ2n) is 6.09. The Balaban J connectivity index is 0.000000260. The van der Waals surface area contributed by atoms with Gasteiger partial charge < -0.3 is 35.6 Å². The van der Waals surface area contributed by atoms with Gasteiger partial charge in [0.15, 0.2) is 12.4 Å². The molecule has 6 N–H and O–H groups in total. The molecule has 2 rings (SSSR count). The van der Waals surface area contributed by atoms with Gasteiger partial charge in [0, 0.05) is 11.6 Å². The number of carboxylic acid groups (broad SMARTS) is 1. The van der Waals surface area contributed by atoms with E-state index in [9.17, 15) is 9.59 Å². The van der Waals surface area contributed by atoms with Crippen LogP contribution >= 0.6 is 11.6 Å². The second-order valence-corrected chi connectivity index (χ2v) is 6.53. The first kappa shape index (κ1) is 22.5. The van der Waals surface area contributed by atoms with Crippen molar-refractivity contribution in [1.82, 2.24) is 5.32 Å². The van der Waals surface area contributed by atoms with Crippen molar-refractivity contribution in [3.63, 3.8) is 0 Å². The molecule has 5 atom stereocenters. The molecule has 1 aromatic rings. The van der Waals surface area contributed by atoms with E-state index in [2.05, 4.69) is 24.4 Å². The van der Waals surface area contributed by atoms with Crippen LogP contribution in [0.15, 0.2) is 18.2 Å². The largest absolute Gasteiger partial charge is 0.479 e. The maximum absolute atomic E-state index is 10.1. The van der Waals surface area contributed by atoms with E-state index < -0.39 is 30.4 Å². The SMILES string of the molecule is CC1CNCCc2ccc(Cl)cc21.O=C[C@H](O)[C@@H](O)[C@H](O)[C@H](O)C(=O)O. The molecule has 0 radical (unpaired) electrons. The van der Waals surface area contributed by atoms with Crippen molar-refractivity contribution in [2.75, 3.05) is 13.1 Å². The maximum Gasteiger partial charge on any atom is 0.335 e. The first-order chi connectivity index (χ1) is 12.2. The minimum absolute atomic E-state index is 0.0809. The molecule has 146 valence electrons. The van der Waals surface area contributed by atoms with Crippen LogP contribution in [0.2, 0.25) is 5.02 Å². The Bertz CT molecular complexity index is 613. The number of benzene rings is 1. The summed E-state index contributed by atoms with van der Waals surface area (Å²) < 4.78 is 0. The fourth-order valence-corrected chi connectivity index (χ4v) is 2.70. The molecule has 1 aliphatic rings. The Morgan fingerprint density at radius 1 is 1.27 bits per heavy atom.